The number of allylic oxidation sites excluding steroid dienone is 2. The van der Waals surface area contributed by atoms with Crippen LogP contribution in [0, 0.1) is 0 Å². The van der Waals surface area contributed by atoms with Crippen molar-refractivity contribution < 1.29 is 9.53 Å². The number of carbonyl (C=O) groups excluding carboxylic acids is 1. The number of hydrogen-bond acceptors (Lipinski definition) is 3. The molecule has 0 aliphatic carbocycles. The molecule has 0 radical (unpaired) electrons. The van der Waals surface area contributed by atoms with Gasteiger partial charge in [-0.1, -0.05) is 42.0 Å². The van der Waals surface area contributed by atoms with Crippen molar-refractivity contribution in [3.63, 3.8) is 0 Å². The van der Waals surface area contributed by atoms with E-state index in [0.29, 0.717) is 12.2 Å². The lowest BCUT2D eigenvalue weighted by Crippen LogP contribution is -2.03. The quantitative estimate of drug-likeness (QED) is 0.243. The van der Waals surface area contributed by atoms with Crippen LogP contribution in [0.5, 0.6) is 0 Å². The van der Waals surface area contributed by atoms with Crippen LogP contribution in [-0.2, 0) is 4.74 Å². The Labute approximate surface area is 161 Å². The number of hydrogen-bond donors (Lipinski definition) is 0. The van der Waals surface area contributed by atoms with Crippen molar-refractivity contribution in [1.29, 1.82) is 0 Å². The van der Waals surface area contributed by atoms with Gasteiger partial charge in [-0.25, -0.2) is 4.79 Å². The molecule has 0 aliphatic rings. The van der Waals surface area contributed by atoms with E-state index < -0.39 is 0 Å². The molecule has 0 aromatic heterocycles. The van der Waals surface area contributed by atoms with Gasteiger partial charge >= 0.3 is 5.97 Å². The van der Waals surface area contributed by atoms with Gasteiger partial charge in [0.05, 0.1) is 12.2 Å². The van der Waals surface area contributed by atoms with Crippen molar-refractivity contribution in [3.05, 3.63) is 76.9 Å². The van der Waals surface area contributed by atoms with Gasteiger partial charge in [0, 0.05) is 10.6 Å². The Morgan fingerprint density at radius 2 is 1.77 bits per heavy atom. The molecule has 0 N–H and O–H groups in total. The second kappa shape index (κ2) is 10.0. The summed E-state index contributed by atoms with van der Waals surface area (Å²) < 4.78 is 5.02. The summed E-state index contributed by atoms with van der Waals surface area (Å²) in [6.07, 6.45) is 4.37. The Hall–Kier alpha value is -2.26. The minimum Gasteiger partial charge on any atom is -0.462 e. The van der Waals surface area contributed by atoms with Crippen molar-refractivity contribution in [1.82, 2.24) is 0 Å². The first kappa shape index (κ1) is 20.1. The first-order chi connectivity index (χ1) is 12.5. The van der Waals surface area contributed by atoms with Crippen LogP contribution >= 0.6 is 11.8 Å². The summed E-state index contributed by atoms with van der Waals surface area (Å²) in [6, 6.07) is 16.1. The minimum absolute atomic E-state index is 0.277. The van der Waals surface area contributed by atoms with Crippen molar-refractivity contribution in [2.24, 2.45) is 0 Å². The van der Waals surface area contributed by atoms with Gasteiger partial charge in [-0.3, -0.25) is 0 Å². The molecule has 136 valence electrons. The molecule has 0 spiro atoms. The van der Waals surface area contributed by atoms with Crippen molar-refractivity contribution >= 4 is 29.4 Å². The van der Waals surface area contributed by atoms with Gasteiger partial charge in [-0.15, -0.1) is 11.8 Å². The van der Waals surface area contributed by atoms with E-state index in [2.05, 4.69) is 57.2 Å². The van der Waals surface area contributed by atoms with Crippen LogP contribution in [0.1, 0.15) is 49.2 Å². The molecule has 0 heterocycles. The highest BCUT2D eigenvalue weighted by molar-refractivity contribution is 7.99. The molecule has 0 unspecified atom stereocenters. The molecule has 0 saturated heterocycles. The van der Waals surface area contributed by atoms with E-state index in [9.17, 15) is 4.79 Å². The number of thioether (sulfide) groups is 1. The lowest BCUT2D eigenvalue weighted by atomic mass is 10.0. The highest BCUT2D eigenvalue weighted by Crippen LogP contribution is 2.24. The average Bonchev–Trinajstić information content (AvgIpc) is 2.62. The fourth-order valence-electron chi connectivity index (χ4n) is 2.40. The van der Waals surface area contributed by atoms with Crippen LogP contribution in [0.3, 0.4) is 0 Å². The van der Waals surface area contributed by atoms with E-state index >= 15 is 0 Å². The largest absolute Gasteiger partial charge is 0.462 e. The number of esters is 1. The maximum atomic E-state index is 11.7. The topological polar surface area (TPSA) is 26.3 Å². The summed E-state index contributed by atoms with van der Waals surface area (Å²) in [6.45, 7) is 8.55. The van der Waals surface area contributed by atoms with Crippen molar-refractivity contribution in [3.8, 4) is 0 Å². The summed E-state index contributed by atoms with van der Waals surface area (Å²) in [4.78, 5) is 13.0. The van der Waals surface area contributed by atoms with Gasteiger partial charge in [-0.2, -0.15) is 0 Å². The smallest absolute Gasteiger partial charge is 0.338 e. The second-order valence-corrected chi connectivity index (χ2v) is 7.38. The van der Waals surface area contributed by atoms with Gasteiger partial charge < -0.3 is 4.74 Å². The van der Waals surface area contributed by atoms with Gasteiger partial charge in [-0.05, 0) is 68.7 Å². The molecular formula is C23H26O2S. The first-order valence-corrected chi connectivity index (χ1v) is 9.80. The third-order valence-corrected chi connectivity index (χ3v) is 4.76. The minimum atomic E-state index is -0.277. The summed E-state index contributed by atoms with van der Waals surface area (Å²) in [5.74, 6) is 0.713. The zero-order valence-electron chi connectivity index (χ0n) is 15.9. The lowest BCUT2D eigenvalue weighted by molar-refractivity contribution is 0.0526. The van der Waals surface area contributed by atoms with Crippen molar-refractivity contribution in [2.45, 2.75) is 32.6 Å². The number of benzene rings is 2. The van der Waals surface area contributed by atoms with E-state index in [1.165, 1.54) is 21.6 Å². The third-order valence-electron chi connectivity index (χ3n) is 3.84. The van der Waals surface area contributed by atoms with Gasteiger partial charge in [0.2, 0.25) is 0 Å². The standard InChI is InChI=1S/C23H26O2S/c1-5-25-23(24)20-11-9-19(10-12-20)15-18(4)21-7-6-8-22(16-21)26-14-13-17(2)3/h6-13,15-16H,5,14H2,1-4H3/b18-15+. The Balaban J connectivity index is 2.11. The molecule has 0 fully saturated rings. The lowest BCUT2D eigenvalue weighted by Gasteiger charge is -2.06. The summed E-state index contributed by atoms with van der Waals surface area (Å²) in [5.41, 5.74) is 5.40. The molecule has 2 aromatic carbocycles. The Bertz CT molecular complexity index is 797. The molecule has 0 atom stereocenters. The molecule has 0 saturated carbocycles. The zero-order chi connectivity index (χ0) is 18.9. The third kappa shape index (κ3) is 6.23. The number of rotatable bonds is 7. The van der Waals surface area contributed by atoms with Crippen LogP contribution < -0.4 is 0 Å². The SMILES string of the molecule is CCOC(=O)c1ccc(/C=C(\C)c2cccc(SCC=C(C)C)c2)cc1. The molecule has 26 heavy (non-hydrogen) atoms. The Morgan fingerprint density at radius 3 is 2.42 bits per heavy atom. The maximum absolute atomic E-state index is 11.7. The second-order valence-electron chi connectivity index (χ2n) is 6.29. The molecule has 0 bridgehead atoms. The first-order valence-electron chi connectivity index (χ1n) is 8.81. The molecule has 2 aromatic rings. The highest BCUT2D eigenvalue weighted by atomic mass is 32.2. The summed E-state index contributed by atoms with van der Waals surface area (Å²) in [7, 11) is 0. The average molecular weight is 367 g/mol. The summed E-state index contributed by atoms with van der Waals surface area (Å²) in [5, 5.41) is 0. The monoisotopic (exact) mass is 366 g/mol. The number of carbonyl (C=O) groups is 1. The fourth-order valence-corrected chi connectivity index (χ4v) is 3.39. The molecule has 2 nitrogen and oxygen atoms in total. The fraction of sp³-hybridized carbons (Fsp3) is 0.261. The van der Waals surface area contributed by atoms with Crippen LogP contribution in [-0.4, -0.2) is 18.3 Å². The molecule has 2 rings (SSSR count). The van der Waals surface area contributed by atoms with E-state index in [-0.39, 0.29) is 5.97 Å². The van der Waals surface area contributed by atoms with E-state index in [1.54, 1.807) is 0 Å². The Kier molecular flexibility index (Phi) is 7.73. The van der Waals surface area contributed by atoms with Gasteiger partial charge in [0.15, 0.2) is 0 Å². The molecule has 0 aliphatic heterocycles. The maximum Gasteiger partial charge on any atom is 0.338 e. The molecule has 3 heteroatoms. The van der Waals surface area contributed by atoms with Crippen LogP contribution in [0.25, 0.3) is 11.6 Å². The van der Waals surface area contributed by atoms with E-state index in [0.717, 1.165) is 11.3 Å². The molecular weight excluding hydrogens is 340 g/mol. The van der Waals surface area contributed by atoms with Gasteiger partial charge in [0.25, 0.3) is 0 Å². The van der Waals surface area contributed by atoms with E-state index in [1.807, 2.05) is 43.0 Å². The van der Waals surface area contributed by atoms with Gasteiger partial charge in [0.1, 0.15) is 0 Å². The van der Waals surface area contributed by atoms with E-state index in [4.69, 9.17) is 4.74 Å². The number of ether oxygens (including phenoxy) is 1. The van der Waals surface area contributed by atoms with Crippen LogP contribution in [0.2, 0.25) is 0 Å². The normalized spacial score (nSPS) is 11.2. The van der Waals surface area contributed by atoms with Crippen LogP contribution in [0.4, 0.5) is 0 Å². The predicted octanol–water partition coefficient (Wildman–Crippen LogP) is 6.48. The summed E-state index contributed by atoms with van der Waals surface area (Å²) >= 11 is 1.84. The molecule has 0 amide bonds. The predicted molar refractivity (Wildman–Crippen MR) is 113 cm³/mol. The zero-order valence-corrected chi connectivity index (χ0v) is 16.7. The highest BCUT2D eigenvalue weighted by Gasteiger charge is 2.05. The Morgan fingerprint density at radius 1 is 1.04 bits per heavy atom. The van der Waals surface area contributed by atoms with Crippen LogP contribution in [0.15, 0.2) is 65.1 Å². The van der Waals surface area contributed by atoms with Crippen molar-refractivity contribution in [2.75, 3.05) is 12.4 Å².